The van der Waals surface area contributed by atoms with Gasteiger partial charge in [0, 0.05) is 17.8 Å². The largest absolute Gasteiger partial charge is 0.481 e. The maximum absolute atomic E-state index is 10.5. The molecule has 0 aliphatic carbocycles. The number of carboxylic acids is 1. The lowest BCUT2D eigenvalue weighted by Gasteiger charge is -2.02. The maximum Gasteiger partial charge on any atom is 0.309 e. The number of nitrogens with zero attached hydrogens (tertiary/aromatic N) is 2. The molecule has 94 valence electrons. The van der Waals surface area contributed by atoms with Gasteiger partial charge in [0.25, 0.3) is 0 Å². The highest BCUT2D eigenvalue weighted by molar-refractivity contribution is 6.30. The van der Waals surface area contributed by atoms with Crippen LogP contribution in [0.2, 0.25) is 5.02 Å². The third-order valence-electron chi connectivity index (χ3n) is 2.57. The summed E-state index contributed by atoms with van der Waals surface area (Å²) < 4.78 is 1.89. The predicted octanol–water partition coefficient (Wildman–Crippen LogP) is 2.41. The maximum atomic E-state index is 10.5. The summed E-state index contributed by atoms with van der Waals surface area (Å²) in [6.07, 6.45) is 4.22. The number of rotatable bonds is 5. The van der Waals surface area contributed by atoms with E-state index in [2.05, 4.69) is 4.98 Å². The summed E-state index contributed by atoms with van der Waals surface area (Å²) in [5, 5.41) is 9.38. The molecule has 18 heavy (non-hydrogen) atoms. The van der Waals surface area contributed by atoms with Crippen molar-refractivity contribution in [3.8, 4) is 0 Å². The van der Waals surface area contributed by atoms with E-state index in [-0.39, 0.29) is 6.42 Å². The normalized spacial score (nSPS) is 10.5. The Kier molecular flexibility index (Phi) is 3.99. The second kappa shape index (κ2) is 5.69. The second-order valence-electron chi connectivity index (χ2n) is 4.05. The van der Waals surface area contributed by atoms with Gasteiger partial charge in [-0.15, -0.1) is 0 Å². The number of carbonyl (C=O) groups is 1. The Morgan fingerprint density at radius 2 is 2.28 bits per heavy atom. The molecule has 0 radical (unpaired) electrons. The van der Waals surface area contributed by atoms with Crippen molar-refractivity contribution in [3.63, 3.8) is 0 Å². The Morgan fingerprint density at radius 3 is 3.00 bits per heavy atom. The molecule has 0 aliphatic rings. The quantitative estimate of drug-likeness (QED) is 0.902. The van der Waals surface area contributed by atoms with E-state index in [1.54, 1.807) is 12.5 Å². The van der Waals surface area contributed by atoms with E-state index in [9.17, 15) is 4.79 Å². The van der Waals surface area contributed by atoms with Gasteiger partial charge in [0.15, 0.2) is 0 Å². The minimum absolute atomic E-state index is 0.0375. The monoisotopic (exact) mass is 264 g/mol. The molecule has 0 unspecified atom stereocenters. The number of hydrogen-bond donors (Lipinski definition) is 1. The van der Waals surface area contributed by atoms with Crippen molar-refractivity contribution in [2.75, 3.05) is 0 Å². The third-order valence-corrected chi connectivity index (χ3v) is 2.80. The molecule has 2 rings (SSSR count). The second-order valence-corrected chi connectivity index (χ2v) is 4.49. The molecule has 5 heteroatoms. The third kappa shape index (κ3) is 3.60. The molecular formula is C13H13ClN2O2. The fourth-order valence-corrected chi connectivity index (χ4v) is 1.94. The average molecular weight is 265 g/mol. The Bertz CT molecular complexity index is 551. The topological polar surface area (TPSA) is 55.1 Å². The van der Waals surface area contributed by atoms with Crippen molar-refractivity contribution >= 4 is 17.6 Å². The first kappa shape index (κ1) is 12.6. The van der Waals surface area contributed by atoms with Crippen LogP contribution in [-0.2, 0) is 24.2 Å². The van der Waals surface area contributed by atoms with Crippen LogP contribution in [0.25, 0.3) is 0 Å². The van der Waals surface area contributed by atoms with Gasteiger partial charge >= 0.3 is 5.97 Å². The fraction of sp³-hybridized carbons (Fsp3) is 0.231. The van der Waals surface area contributed by atoms with Crippen LogP contribution in [0, 0.1) is 0 Å². The first-order chi connectivity index (χ1) is 8.63. The number of hydrogen-bond acceptors (Lipinski definition) is 2. The van der Waals surface area contributed by atoms with Crippen LogP contribution in [0.15, 0.2) is 36.8 Å². The number of halogens is 1. The first-order valence-corrected chi connectivity index (χ1v) is 5.98. The van der Waals surface area contributed by atoms with Crippen molar-refractivity contribution in [1.29, 1.82) is 0 Å². The average Bonchev–Trinajstić information content (AvgIpc) is 2.73. The predicted molar refractivity (Wildman–Crippen MR) is 68.7 cm³/mol. The van der Waals surface area contributed by atoms with Crippen LogP contribution in [-0.4, -0.2) is 20.6 Å². The standard InChI is InChI=1S/C13H13ClN2O2/c14-11-3-1-2-10(6-11)4-5-16-8-12(15-9-16)7-13(17)18/h1-3,6,8-9H,4-5,7H2,(H,17,18). The van der Waals surface area contributed by atoms with Crippen molar-refractivity contribution in [2.45, 2.75) is 19.4 Å². The molecule has 0 saturated heterocycles. The van der Waals surface area contributed by atoms with Gasteiger partial charge in [0.2, 0.25) is 0 Å². The highest BCUT2D eigenvalue weighted by Crippen LogP contribution is 2.11. The van der Waals surface area contributed by atoms with Gasteiger partial charge in [-0.25, -0.2) is 4.98 Å². The molecule has 1 aromatic heterocycles. The lowest BCUT2D eigenvalue weighted by atomic mass is 10.1. The van der Waals surface area contributed by atoms with Crippen LogP contribution in [0.1, 0.15) is 11.3 Å². The SMILES string of the molecule is O=C(O)Cc1cn(CCc2cccc(Cl)c2)cn1. The van der Waals surface area contributed by atoms with Crippen LogP contribution in [0.3, 0.4) is 0 Å². The Labute approximate surface area is 110 Å². The van der Waals surface area contributed by atoms with E-state index >= 15 is 0 Å². The molecule has 0 bridgehead atoms. The Balaban J connectivity index is 1.94. The molecule has 0 atom stereocenters. The van der Waals surface area contributed by atoms with Crippen LogP contribution < -0.4 is 0 Å². The van der Waals surface area contributed by atoms with Gasteiger partial charge in [0.1, 0.15) is 0 Å². The minimum atomic E-state index is -0.866. The fourth-order valence-electron chi connectivity index (χ4n) is 1.73. The van der Waals surface area contributed by atoms with Crippen molar-refractivity contribution in [1.82, 2.24) is 9.55 Å². The lowest BCUT2D eigenvalue weighted by Crippen LogP contribution is -2.01. The number of carboxylic acid groups (broad SMARTS) is 1. The summed E-state index contributed by atoms with van der Waals surface area (Å²) in [4.78, 5) is 14.6. The molecule has 0 saturated carbocycles. The van der Waals surface area contributed by atoms with Gasteiger partial charge in [-0.3, -0.25) is 4.79 Å². The van der Waals surface area contributed by atoms with Crippen LogP contribution in [0.5, 0.6) is 0 Å². The number of aromatic nitrogens is 2. The molecule has 0 amide bonds. The van der Waals surface area contributed by atoms with Gasteiger partial charge in [-0.05, 0) is 24.1 Å². The number of benzene rings is 1. The molecule has 1 heterocycles. The van der Waals surface area contributed by atoms with Gasteiger partial charge < -0.3 is 9.67 Å². The minimum Gasteiger partial charge on any atom is -0.481 e. The number of aryl methyl sites for hydroxylation is 2. The number of aliphatic carboxylic acids is 1. The van der Waals surface area contributed by atoms with Gasteiger partial charge in [0.05, 0.1) is 18.4 Å². The summed E-state index contributed by atoms with van der Waals surface area (Å²) in [5.74, 6) is -0.866. The zero-order valence-corrected chi connectivity index (χ0v) is 10.5. The smallest absolute Gasteiger partial charge is 0.309 e. The summed E-state index contributed by atoms with van der Waals surface area (Å²) in [7, 11) is 0. The molecule has 1 N–H and O–H groups in total. The lowest BCUT2D eigenvalue weighted by molar-refractivity contribution is -0.136. The molecule has 2 aromatic rings. The summed E-state index contributed by atoms with van der Waals surface area (Å²) in [5.41, 5.74) is 1.73. The van der Waals surface area contributed by atoms with Crippen LogP contribution in [0.4, 0.5) is 0 Å². The van der Waals surface area contributed by atoms with Crippen molar-refractivity contribution in [2.24, 2.45) is 0 Å². The van der Waals surface area contributed by atoms with Crippen molar-refractivity contribution in [3.05, 3.63) is 53.1 Å². The zero-order chi connectivity index (χ0) is 13.0. The zero-order valence-electron chi connectivity index (χ0n) is 9.71. The van der Waals surface area contributed by atoms with E-state index in [0.29, 0.717) is 5.69 Å². The molecular weight excluding hydrogens is 252 g/mol. The Morgan fingerprint density at radius 1 is 1.44 bits per heavy atom. The van der Waals surface area contributed by atoms with E-state index in [4.69, 9.17) is 16.7 Å². The Hall–Kier alpha value is -1.81. The summed E-state index contributed by atoms with van der Waals surface area (Å²) >= 11 is 5.90. The van der Waals surface area contributed by atoms with E-state index in [1.165, 1.54) is 0 Å². The summed E-state index contributed by atoms with van der Waals surface area (Å²) in [6, 6.07) is 7.70. The molecule has 0 spiro atoms. The van der Waals surface area contributed by atoms with Crippen LogP contribution >= 0.6 is 11.6 Å². The first-order valence-electron chi connectivity index (χ1n) is 5.60. The number of imidazole rings is 1. The van der Waals surface area contributed by atoms with E-state index in [0.717, 1.165) is 23.6 Å². The van der Waals surface area contributed by atoms with E-state index in [1.807, 2.05) is 28.8 Å². The molecule has 0 fully saturated rings. The summed E-state index contributed by atoms with van der Waals surface area (Å²) in [6.45, 7) is 0.757. The van der Waals surface area contributed by atoms with Gasteiger partial charge in [-0.2, -0.15) is 0 Å². The molecule has 1 aromatic carbocycles. The highest BCUT2D eigenvalue weighted by atomic mass is 35.5. The highest BCUT2D eigenvalue weighted by Gasteiger charge is 2.04. The molecule has 4 nitrogen and oxygen atoms in total. The molecule has 0 aliphatic heterocycles. The van der Waals surface area contributed by atoms with Gasteiger partial charge in [-0.1, -0.05) is 23.7 Å². The van der Waals surface area contributed by atoms with Crippen molar-refractivity contribution < 1.29 is 9.90 Å². The van der Waals surface area contributed by atoms with E-state index < -0.39 is 5.97 Å².